The van der Waals surface area contributed by atoms with Gasteiger partial charge in [0.05, 0.1) is 10.8 Å². The molecule has 0 saturated carbocycles. The first-order valence-electron chi connectivity index (χ1n) is 9.73. The Morgan fingerprint density at radius 3 is 1.27 bits per heavy atom. The van der Waals surface area contributed by atoms with Crippen molar-refractivity contribution in [1.82, 2.24) is 10.6 Å². The van der Waals surface area contributed by atoms with E-state index in [1.54, 1.807) is 0 Å². The van der Waals surface area contributed by atoms with Gasteiger partial charge in [0, 0.05) is 25.2 Å². The lowest BCUT2D eigenvalue weighted by atomic mass is 9.97. The number of esters is 2. The fraction of sp³-hybridized carbons (Fsp3) is 0.900. The van der Waals surface area contributed by atoms with Crippen molar-refractivity contribution in [3.63, 3.8) is 0 Å². The van der Waals surface area contributed by atoms with Gasteiger partial charge in [-0.15, -0.1) is 0 Å². The van der Waals surface area contributed by atoms with Gasteiger partial charge in [-0.3, -0.25) is 9.59 Å². The molecular weight excluding hydrogens is 332 g/mol. The number of nitrogens with one attached hydrogen (secondary N) is 2. The van der Waals surface area contributed by atoms with Crippen LogP contribution in [0.25, 0.3) is 0 Å². The molecule has 0 fully saturated rings. The van der Waals surface area contributed by atoms with Gasteiger partial charge in [0.25, 0.3) is 0 Å². The number of carbonyl (C=O) groups excluding carboxylic acids is 2. The second-order valence-corrected chi connectivity index (χ2v) is 8.82. The van der Waals surface area contributed by atoms with E-state index in [0.717, 1.165) is 25.9 Å². The lowest BCUT2D eigenvalue weighted by molar-refractivity contribution is -0.154. The summed E-state index contributed by atoms with van der Waals surface area (Å²) < 4.78 is 10.8. The molecule has 154 valence electrons. The fourth-order valence-corrected chi connectivity index (χ4v) is 1.98. The van der Waals surface area contributed by atoms with Gasteiger partial charge in [0.1, 0.15) is 13.2 Å². The Bertz CT molecular complexity index is 385. The first-order valence-corrected chi connectivity index (χ1v) is 9.73. The van der Waals surface area contributed by atoms with Crippen LogP contribution in [0.5, 0.6) is 0 Å². The zero-order chi connectivity index (χ0) is 20.4. The SMILES string of the molecule is CC[C@@H](COC(=O)C(C)(C)C)NCCN[C@@H](CC)COC(=O)C(C)(C)C. The molecule has 0 unspecified atom stereocenters. The number of hydrogen-bond donors (Lipinski definition) is 2. The summed E-state index contributed by atoms with van der Waals surface area (Å²) in [6.45, 7) is 17.5. The highest BCUT2D eigenvalue weighted by Gasteiger charge is 2.24. The largest absolute Gasteiger partial charge is 0.464 e. The summed E-state index contributed by atoms with van der Waals surface area (Å²) in [6.07, 6.45) is 1.77. The average molecular weight is 373 g/mol. The normalized spacial score (nSPS) is 14.6. The summed E-state index contributed by atoms with van der Waals surface area (Å²) >= 11 is 0. The number of hydrogen-bond acceptors (Lipinski definition) is 6. The summed E-state index contributed by atoms with van der Waals surface area (Å²) in [5.74, 6) is -0.356. The van der Waals surface area contributed by atoms with Crippen molar-refractivity contribution in [3.05, 3.63) is 0 Å². The van der Waals surface area contributed by atoms with Crippen molar-refractivity contribution < 1.29 is 19.1 Å². The molecule has 0 radical (unpaired) electrons. The Hall–Kier alpha value is -1.14. The lowest BCUT2D eigenvalue weighted by Gasteiger charge is -2.23. The van der Waals surface area contributed by atoms with Crippen molar-refractivity contribution >= 4 is 11.9 Å². The van der Waals surface area contributed by atoms with Crippen LogP contribution in [0, 0.1) is 10.8 Å². The highest BCUT2D eigenvalue weighted by molar-refractivity contribution is 5.75. The van der Waals surface area contributed by atoms with Crippen molar-refractivity contribution in [1.29, 1.82) is 0 Å². The molecule has 0 spiro atoms. The third kappa shape index (κ3) is 10.8. The van der Waals surface area contributed by atoms with Gasteiger partial charge in [-0.25, -0.2) is 0 Å². The zero-order valence-corrected chi connectivity index (χ0v) is 18.0. The molecule has 26 heavy (non-hydrogen) atoms. The predicted molar refractivity (Wildman–Crippen MR) is 105 cm³/mol. The third-order valence-corrected chi connectivity index (χ3v) is 4.03. The van der Waals surface area contributed by atoms with Crippen molar-refractivity contribution in [3.8, 4) is 0 Å². The predicted octanol–water partition coefficient (Wildman–Crippen LogP) is 2.90. The molecule has 0 aromatic heterocycles. The molecule has 2 N–H and O–H groups in total. The summed E-state index contributed by atoms with van der Waals surface area (Å²) in [6, 6.07) is 0.281. The van der Waals surface area contributed by atoms with Crippen LogP contribution >= 0.6 is 0 Å². The van der Waals surface area contributed by atoms with E-state index in [1.165, 1.54) is 0 Å². The standard InChI is InChI=1S/C20H40N2O4/c1-9-15(13-25-17(23)19(3,4)5)21-11-12-22-16(10-2)14-26-18(24)20(6,7)8/h15-16,21-22H,9-14H2,1-8H3/t15-,16-/m0/s1. The van der Waals surface area contributed by atoms with E-state index in [1.807, 2.05) is 41.5 Å². The molecule has 0 aliphatic rings. The van der Waals surface area contributed by atoms with Crippen molar-refractivity contribution in [2.24, 2.45) is 10.8 Å². The highest BCUT2D eigenvalue weighted by Crippen LogP contribution is 2.16. The molecule has 0 rings (SSSR count). The van der Waals surface area contributed by atoms with Crippen LogP contribution in [-0.2, 0) is 19.1 Å². The maximum absolute atomic E-state index is 11.8. The van der Waals surface area contributed by atoms with Crippen LogP contribution < -0.4 is 10.6 Å². The molecule has 6 heteroatoms. The number of rotatable bonds is 11. The van der Waals surface area contributed by atoms with E-state index in [4.69, 9.17) is 9.47 Å². The van der Waals surface area contributed by atoms with Gasteiger partial charge >= 0.3 is 11.9 Å². The van der Waals surface area contributed by atoms with Crippen LogP contribution in [0.15, 0.2) is 0 Å². The lowest BCUT2D eigenvalue weighted by Crippen LogP contribution is -2.42. The maximum Gasteiger partial charge on any atom is 0.311 e. The minimum absolute atomic E-state index is 0.141. The van der Waals surface area contributed by atoms with Crippen LogP contribution in [0.1, 0.15) is 68.2 Å². The van der Waals surface area contributed by atoms with Gasteiger partial charge in [0.2, 0.25) is 0 Å². The summed E-state index contributed by atoms with van der Waals surface area (Å²) in [4.78, 5) is 23.7. The van der Waals surface area contributed by atoms with Crippen LogP contribution in [0.4, 0.5) is 0 Å². The molecule has 0 bridgehead atoms. The zero-order valence-electron chi connectivity index (χ0n) is 18.0. The molecule has 0 saturated heterocycles. The summed E-state index contributed by atoms with van der Waals surface area (Å²) in [7, 11) is 0. The molecule has 6 nitrogen and oxygen atoms in total. The second kappa shape index (κ2) is 11.5. The van der Waals surface area contributed by atoms with E-state index in [2.05, 4.69) is 24.5 Å². The average Bonchev–Trinajstić information content (AvgIpc) is 2.54. The molecule has 0 amide bonds. The molecular formula is C20H40N2O4. The summed E-state index contributed by atoms with van der Waals surface area (Å²) in [5, 5.41) is 6.79. The van der Waals surface area contributed by atoms with E-state index in [0.29, 0.717) is 13.2 Å². The van der Waals surface area contributed by atoms with Gasteiger partial charge in [-0.05, 0) is 54.4 Å². The first kappa shape index (κ1) is 24.9. The first-order chi connectivity index (χ1) is 11.9. The Morgan fingerprint density at radius 2 is 1.04 bits per heavy atom. The van der Waals surface area contributed by atoms with Crippen LogP contribution in [0.2, 0.25) is 0 Å². The van der Waals surface area contributed by atoms with E-state index >= 15 is 0 Å². The maximum atomic E-state index is 11.8. The highest BCUT2D eigenvalue weighted by atomic mass is 16.5. The minimum Gasteiger partial charge on any atom is -0.464 e. The molecule has 0 aliphatic carbocycles. The van der Waals surface area contributed by atoms with Gasteiger partial charge in [0.15, 0.2) is 0 Å². The van der Waals surface area contributed by atoms with Crippen molar-refractivity contribution in [2.75, 3.05) is 26.3 Å². The number of ether oxygens (including phenoxy) is 2. The van der Waals surface area contributed by atoms with E-state index < -0.39 is 10.8 Å². The quantitative estimate of drug-likeness (QED) is 0.429. The van der Waals surface area contributed by atoms with Gasteiger partial charge in [-0.2, -0.15) is 0 Å². The van der Waals surface area contributed by atoms with Crippen LogP contribution in [-0.4, -0.2) is 50.3 Å². The Kier molecular flexibility index (Phi) is 11.0. The fourth-order valence-electron chi connectivity index (χ4n) is 1.98. The molecule has 0 aliphatic heterocycles. The topological polar surface area (TPSA) is 76.7 Å². The number of carbonyl (C=O) groups is 2. The van der Waals surface area contributed by atoms with E-state index in [9.17, 15) is 9.59 Å². The minimum atomic E-state index is -0.474. The van der Waals surface area contributed by atoms with Gasteiger partial charge < -0.3 is 20.1 Å². The van der Waals surface area contributed by atoms with Gasteiger partial charge in [-0.1, -0.05) is 13.8 Å². The van der Waals surface area contributed by atoms with Crippen LogP contribution in [0.3, 0.4) is 0 Å². The monoisotopic (exact) mass is 372 g/mol. The smallest absolute Gasteiger partial charge is 0.311 e. The Labute approximate surface area is 159 Å². The van der Waals surface area contributed by atoms with Crippen molar-refractivity contribution in [2.45, 2.75) is 80.3 Å². The molecule has 0 heterocycles. The third-order valence-electron chi connectivity index (χ3n) is 4.03. The summed E-state index contributed by atoms with van der Waals surface area (Å²) in [5.41, 5.74) is -0.947. The Balaban J connectivity index is 4.08. The Morgan fingerprint density at radius 1 is 0.731 bits per heavy atom. The molecule has 0 aromatic rings. The molecule has 0 aromatic carbocycles. The second-order valence-electron chi connectivity index (χ2n) is 8.82. The van der Waals surface area contributed by atoms with E-state index in [-0.39, 0.29) is 24.0 Å². The molecule has 2 atom stereocenters.